The summed E-state index contributed by atoms with van der Waals surface area (Å²) < 4.78 is 31.7. The van der Waals surface area contributed by atoms with Crippen LogP contribution in [0.4, 0.5) is 13.2 Å². The van der Waals surface area contributed by atoms with Gasteiger partial charge >= 0.3 is 12.1 Å². The fraction of sp³-hybridized carbons (Fsp3) is 0.500. The summed E-state index contributed by atoms with van der Waals surface area (Å²) in [6, 6.07) is 2.16. The van der Waals surface area contributed by atoms with Crippen molar-refractivity contribution in [2.45, 2.75) is 12.6 Å². The van der Waals surface area contributed by atoms with Crippen LogP contribution in [0.5, 0.6) is 0 Å². The topological polar surface area (TPSA) is 76.4 Å². The van der Waals surface area contributed by atoms with E-state index in [-0.39, 0.29) is 0 Å². The van der Waals surface area contributed by atoms with Crippen LogP contribution in [-0.2, 0) is 4.79 Å². The fourth-order valence-electron chi connectivity index (χ4n) is 0.767. The number of allylic oxidation sites excluding steroid dienone is 2. The monoisotopic (exact) mass is 293 g/mol. The standard InChI is InChI=1S/C10H17N3.C2HF3O2/c1-12-7-6-10(9-11)5-4-8-13(2)3;3-2(4,5)1(6)7/h4-5,8,12H,6-7H2,1-3H3;(H,6,7). The summed E-state index contributed by atoms with van der Waals surface area (Å²) in [6.45, 7) is 0.842. The molecule has 0 unspecified atom stereocenters. The summed E-state index contributed by atoms with van der Waals surface area (Å²) in [7, 11) is 5.78. The maximum atomic E-state index is 10.6. The summed E-state index contributed by atoms with van der Waals surface area (Å²) in [5, 5.41) is 18.9. The van der Waals surface area contributed by atoms with Gasteiger partial charge in [-0.05, 0) is 38.4 Å². The molecule has 0 atom stereocenters. The van der Waals surface area contributed by atoms with Crippen LogP contribution in [0.15, 0.2) is 23.9 Å². The average molecular weight is 293 g/mol. The molecule has 0 fully saturated rings. The normalized spacial score (nSPS) is 11.6. The number of nitrogens with one attached hydrogen (secondary N) is 1. The van der Waals surface area contributed by atoms with Crippen LogP contribution in [0, 0.1) is 11.3 Å². The Hall–Kier alpha value is -2.01. The minimum atomic E-state index is -5.08. The number of nitrogens with zero attached hydrogens (tertiary/aromatic N) is 2. The zero-order valence-corrected chi connectivity index (χ0v) is 11.5. The molecule has 0 radical (unpaired) electrons. The van der Waals surface area contributed by atoms with Crippen molar-refractivity contribution in [2.24, 2.45) is 0 Å². The van der Waals surface area contributed by atoms with Crippen molar-refractivity contribution in [3.8, 4) is 6.07 Å². The van der Waals surface area contributed by atoms with Gasteiger partial charge < -0.3 is 15.3 Å². The number of alkyl halides is 3. The molecule has 0 aromatic carbocycles. The van der Waals surface area contributed by atoms with Crippen LogP contribution in [0.2, 0.25) is 0 Å². The number of carboxylic acid groups (broad SMARTS) is 1. The molecule has 0 saturated heterocycles. The number of aliphatic carboxylic acids is 1. The van der Waals surface area contributed by atoms with Crippen LogP contribution >= 0.6 is 0 Å². The number of halogens is 3. The maximum Gasteiger partial charge on any atom is 0.490 e. The molecule has 0 amide bonds. The number of carboxylic acids is 1. The second-order valence-electron chi connectivity index (χ2n) is 3.77. The first-order valence-electron chi connectivity index (χ1n) is 5.53. The molecule has 0 aliphatic rings. The molecule has 5 nitrogen and oxygen atoms in total. The SMILES string of the molecule is CNCCC(C#N)=CC=CN(C)C.O=C(O)C(F)(F)F. The van der Waals surface area contributed by atoms with Crippen LogP contribution in [0.25, 0.3) is 0 Å². The summed E-state index contributed by atoms with van der Waals surface area (Å²) in [4.78, 5) is 10.8. The first-order chi connectivity index (χ1) is 9.15. The number of hydrogen-bond donors (Lipinski definition) is 2. The highest BCUT2D eigenvalue weighted by atomic mass is 19.4. The van der Waals surface area contributed by atoms with Gasteiger partial charge in [-0.15, -0.1) is 0 Å². The minimum absolute atomic E-state index is 0.783. The maximum absolute atomic E-state index is 10.6. The van der Waals surface area contributed by atoms with E-state index in [1.54, 1.807) is 0 Å². The molecule has 2 N–H and O–H groups in total. The lowest BCUT2D eigenvalue weighted by Crippen LogP contribution is -2.21. The molecule has 0 rings (SSSR count). The Balaban J connectivity index is 0. The largest absolute Gasteiger partial charge is 0.490 e. The molecular weight excluding hydrogens is 275 g/mol. The van der Waals surface area contributed by atoms with Crippen molar-refractivity contribution in [3.63, 3.8) is 0 Å². The molecule has 8 heteroatoms. The highest BCUT2D eigenvalue weighted by Gasteiger charge is 2.38. The zero-order valence-electron chi connectivity index (χ0n) is 11.5. The Morgan fingerprint density at radius 2 is 1.95 bits per heavy atom. The van der Waals surface area contributed by atoms with E-state index in [1.807, 2.05) is 44.4 Å². The number of hydrogen-bond acceptors (Lipinski definition) is 4. The highest BCUT2D eigenvalue weighted by Crippen LogP contribution is 2.13. The van der Waals surface area contributed by atoms with Crippen LogP contribution < -0.4 is 5.32 Å². The van der Waals surface area contributed by atoms with Crippen LogP contribution in [0.1, 0.15) is 6.42 Å². The molecule has 0 aromatic rings. The summed E-state index contributed by atoms with van der Waals surface area (Å²) in [5.41, 5.74) is 0.799. The smallest absolute Gasteiger partial charge is 0.475 e. The van der Waals surface area contributed by atoms with Crippen molar-refractivity contribution in [2.75, 3.05) is 27.7 Å². The Kier molecular flexibility index (Phi) is 11.0. The quantitative estimate of drug-likeness (QED) is 0.596. The van der Waals surface area contributed by atoms with Gasteiger partial charge in [0.05, 0.1) is 6.07 Å². The molecule has 0 aliphatic heterocycles. The van der Waals surface area contributed by atoms with Crippen molar-refractivity contribution in [3.05, 3.63) is 23.9 Å². The van der Waals surface area contributed by atoms with Gasteiger partial charge in [0, 0.05) is 19.7 Å². The van der Waals surface area contributed by atoms with Gasteiger partial charge in [0.1, 0.15) is 0 Å². The lowest BCUT2D eigenvalue weighted by Gasteiger charge is -2.01. The van der Waals surface area contributed by atoms with Gasteiger partial charge in [0.2, 0.25) is 0 Å². The molecule has 0 spiro atoms. The van der Waals surface area contributed by atoms with Gasteiger partial charge in [-0.1, -0.05) is 0 Å². The van der Waals surface area contributed by atoms with Crippen LogP contribution in [-0.4, -0.2) is 49.8 Å². The molecule has 114 valence electrons. The van der Waals surface area contributed by atoms with Crippen molar-refractivity contribution >= 4 is 5.97 Å². The molecule has 20 heavy (non-hydrogen) atoms. The third-order valence-corrected chi connectivity index (χ3v) is 1.71. The Labute approximate surface area is 116 Å². The molecular formula is C12H18F3N3O2. The Morgan fingerprint density at radius 3 is 2.25 bits per heavy atom. The average Bonchev–Trinajstić information content (AvgIpc) is 2.32. The Bertz CT molecular complexity index is 382. The molecule has 0 bridgehead atoms. The third kappa shape index (κ3) is 14.1. The van der Waals surface area contributed by atoms with Crippen molar-refractivity contribution < 1.29 is 23.1 Å². The molecule has 0 saturated carbocycles. The minimum Gasteiger partial charge on any atom is -0.475 e. The third-order valence-electron chi connectivity index (χ3n) is 1.71. The predicted octanol–water partition coefficient (Wildman–Crippen LogP) is 1.75. The Morgan fingerprint density at radius 1 is 1.45 bits per heavy atom. The summed E-state index contributed by atoms with van der Waals surface area (Å²) >= 11 is 0. The van der Waals surface area contributed by atoms with Gasteiger partial charge in [0.15, 0.2) is 0 Å². The highest BCUT2D eigenvalue weighted by molar-refractivity contribution is 5.73. The van der Waals surface area contributed by atoms with Crippen molar-refractivity contribution in [1.82, 2.24) is 10.2 Å². The predicted molar refractivity (Wildman–Crippen MR) is 68.8 cm³/mol. The van der Waals surface area contributed by atoms with E-state index in [0.29, 0.717) is 0 Å². The number of rotatable bonds is 5. The lowest BCUT2D eigenvalue weighted by molar-refractivity contribution is -0.192. The molecule has 0 aromatic heterocycles. The second kappa shape index (κ2) is 10.9. The number of nitriles is 1. The van der Waals surface area contributed by atoms with Gasteiger partial charge in [0.25, 0.3) is 0 Å². The van der Waals surface area contributed by atoms with E-state index in [9.17, 15) is 13.2 Å². The first-order valence-corrected chi connectivity index (χ1v) is 5.53. The first kappa shape index (κ1) is 20.3. The second-order valence-corrected chi connectivity index (χ2v) is 3.77. The van der Waals surface area contributed by atoms with Crippen molar-refractivity contribution in [1.29, 1.82) is 5.26 Å². The molecule has 0 heterocycles. The van der Waals surface area contributed by atoms with E-state index >= 15 is 0 Å². The zero-order chi connectivity index (χ0) is 16.2. The van der Waals surface area contributed by atoms with Gasteiger partial charge in [-0.2, -0.15) is 18.4 Å². The van der Waals surface area contributed by atoms with E-state index in [2.05, 4.69) is 11.4 Å². The van der Waals surface area contributed by atoms with E-state index in [0.717, 1.165) is 18.5 Å². The van der Waals surface area contributed by atoms with Gasteiger partial charge in [-0.25, -0.2) is 4.79 Å². The number of carbonyl (C=O) groups is 1. The lowest BCUT2D eigenvalue weighted by atomic mass is 10.2. The summed E-state index contributed by atoms with van der Waals surface area (Å²) in [5.74, 6) is -2.76. The van der Waals surface area contributed by atoms with E-state index < -0.39 is 12.1 Å². The van der Waals surface area contributed by atoms with E-state index in [1.165, 1.54) is 0 Å². The van der Waals surface area contributed by atoms with Gasteiger partial charge in [-0.3, -0.25) is 0 Å². The van der Waals surface area contributed by atoms with E-state index in [4.69, 9.17) is 15.2 Å². The molecule has 0 aliphatic carbocycles. The van der Waals surface area contributed by atoms with Crippen LogP contribution in [0.3, 0.4) is 0 Å². The summed E-state index contributed by atoms with van der Waals surface area (Å²) in [6.07, 6.45) is 1.34. The fourth-order valence-corrected chi connectivity index (χ4v) is 0.767.